The number of benzene rings is 1. The van der Waals surface area contributed by atoms with E-state index in [9.17, 15) is 4.79 Å². The van der Waals surface area contributed by atoms with Crippen molar-refractivity contribution in [3.05, 3.63) is 34.9 Å². The average molecular weight is 309 g/mol. The predicted molar refractivity (Wildman–Crippen MR) is 87.5 cm³/mol. The molecule has 0 saturated carbocycles. The highest BCUT2D eigenvalue weighted by Crippen LogP contribution is 2.35. The Kier molecular flexibility index (Phi) is 5.28. The summed E-state index contributed by atoms with van der Waals surface area (Å²) in [5, 5.41) is 0.705. The van der Waals surface area contributed by atoms with Gasteiger partial charge in [-0.25, -0.2) is 0 Å². The molecular formula is C17H25ClN2O. The second-order valence-corrected chi connectivity index (χ2v) is 6.36. The number of hydrogen-bond acceptors (Lipinski definition) is 2. The van der Waals surface area contributed by atoms with E-state index in [0.717, 1.165) is 44.3 Å². The Morgan fingerprint density at radius 2 is 1.76 bits per heavy atom. The average Bonchev–Trinajstić information content (AvgIpc) is 2.51. The smallest absolute Gasteiger partial charge is 0.233 e. The first-order valence-corrected chi connectivity index (χ1v) is 8.22. The second kappa shape index (κ2) is 6.80. The molecule has 1 fully saturated rings. The number of nitrogens with zero attached hydrogens (tertiary/aromatic N) is 1. The second-order valence-electron chi connectivity index (χ2n) is 5.93. The quantitative estimate of drug-likeness (QED) is 0.927. The minimum Gasteiger partial charge on any atom is -0.342 e. The monoisotopic (exact) mass is 308 g/mol. The number of piperidine rings is 1. The largest absolute Gasteiger partial charge is 0.342 e. The summed E-state index contributed by atoms with van der Waals surface area (Å²) in [6.07, 6.45) is 3.39. The maximum Gasteiger partial charge on any atom is 0.233 e. The SMILES string of the molecule is CCC(CC)(C(=O)N1CCC(N)CC1)c1ccc(Cl)cc1. The van der Waals surface area contributed by atoms with Crippen LogP contribution >= 0.6 is 11.6 Å². The van der Waals surface area contributed by atoms with Crippen LogP contribution in [-0.2, 0) is 10.2 Å². The topological polar surface area (TPSA) is 46.3 Å². The zero-order chi connectivity index (χ0) is 15.5. The van der Waals surface area contributed by atoms with Gasteiger partial charge in [0.1, 0.15) is 0 Å². The molecule has 0 unspecified atom stereocenters. The van der Waals surface area contributed by atoms with Gasteiger partial charge in [0.05, 0.1) is 5.41 Å². The Morgan fingerprint density at radius 1 is 1.24 bits per heavy atom. The highest BCUT2D eigenvalue weighted by Gasteiger charge is 2.40. The van der Waals surface area contributed by atoms with Gasteiger partial charge in [0.2, 0.25) is 5.91 Å². The number of amides is 1. The molecule has 116 valence electrons. The number of rotatable bonds is 4. The maximum absolute atomic E-state index is 13.1. The third-order valence-electron chi connectivity index (χ3n) is 4.84. The molecule has 1 aliphatic heterocycles. The molecule has 2 N–H and O–H groups in total. The zero-order valence-corrected chi connectivity index (χ0v) is 13.7. The van der Waals surface area contributed by atoms with Crippen LogP contribution in [0.5, 0.6) is 0 Å². The lowest BCUT2D eigenvalue weighted by molar-refractivity contribution is -0.139. The molecule has 0 atom stereocenters. The number of hydrogen-bond donors (Lipinski definition) is 1. The number of halogens is 1. The van der Waals surface area contributed by atoms with Crippen LogP contribution in [0.4, 0.5) is 0 Å². The van der Waals surface area contributed by atoms with E-state index in [1.807, 2.05) is 29.2 Å². The molecule has 3 nitrogen and oxygen atoms in total. The molecular weight excluding hydrogens is 284 g/mol. The Morgan fingerprint density at radius 3 is 2.24 bits per heavy atom. The zero-order valence-electron chi connectivity index (χ0n) is 12.9. The van der Waals surface area contributed by atoms with Crippen LogP contribution in [0.1, 0.15) is 45.1 Å². The fourth-order valence-corrected chi connectivity index (χ4v) is 3.38. The summed E-state index contributed by atoms with van der Waals surface area (Å²) in [5.41, 5.74) is 6.57. The van der Waals surface area contributed by atoms with Gasteiger partial charge in [-0.05, 0) is 43.4 Å². The Labute approximate surface area is 132 Å². The minimum atomic E-state index is -0.438. The molecule has 4 heteroatoms. The summed E-state index contributed by atoms with van der Waals surface area (Å²) in [4.78, 5) is 15.1. The van der Waals surface area contributed by atoms with Crippen LogP contribution in [0.25, 0.3) is 0 Å². The molecule has 0 radical (unpaired) electrons. The van der Waals surface area contributed by atoms with Crippen LogP contribution in [0, 0.1) is 0 Å². The van der Waals surface area contributed by atoms with Crippen molar-refractivity contribution in [2.45, 2.75) is 51.0 Å². The fourth-order valence-electron chi connectivity index (χ4n) is 3.26. The van der Waals surface area contributed by atoms with Gasteiger partial charge in [-0.2, -0.15) is 0 Å². The van der Waals surface area contributed by atoms with Gasteiger partial charge in [-0.15, -0.1) is 0 Å². The van der Waals surface area contributed by atoms with Crippen molar-refractivity contribution in [2.24, 2.45) is 5.73 Å². The van der Waals surface area contributed by atoms with Gasteiger partial charge in [0.15, 0.2) is 0 Å². The minimum absolute atomic E-state index is 0.238. The van der Waals surface area contributed by atoms with Gasteiger partial charge in [-0.3, -0.25) is 4.79 Å². The number of nitrogens with two attached hydrogens (primary N) is 1. The third-order valence-corrected chi connectivity index (χ3v) is 5.09. The number of likely N-dealkylation sites (tertiary alicyclic amines) is 1. The summed E-state index contributed by atoms with van der Waals surface area (Å²) < 4.78 is 0. The number of carbonyl (C=O) groups excluding carboxylic acids is 1. The molecule has 0 spiro atoms. The van der Waals surface area contributed by atoms with Crippen LogP contribution in [0.2, 0.25) is 5.02 Å². The lowest BCUT2D eigenvalue weighted by Gasteiger charge is -2.39. The summed E-state index contributed by atoms with van der Waals surface area (Å²) in [7, 11) is 0. The van der Waals surface area contributed by atoms with Gasteiger partial charge in [-0.1, -0.05) is 37.6 Å². The van der Waals surface area contributed by atoms with Crippen LogP contribution in [0.15, 0.2) is 24.3 Å². The Bertz CT molecular complexity index is 474. The van der Waals surface area contributed by atoms with E-state index in [1.54, 1.807) is 0 Å². The summed E-state index contributed by atoms with van der Waals surface area (Å²) >= 11 is 5.98. The maximum atomic E-state index is 13.1. The van der Waals surface area contributed by atoms with Crippen LogP contribution < -0.4 is 5.73 Å². The highest BCUT2D eigenvalue weighted by molar-refractivity contribution is 6.30. The lowest BCUT2D eigenvalue weighted by Crippen LogP contribution is -2.51. The van der Waals surface area contributed by atoms with Crippen molar-refractivity contribution in [2.75, 3.05) is 13.1 Å². The van der Waals surface area contributed by atoms with E-state index in [2.05, 4.69) is 13.8 Å². The number of carbonyl (C=O) groups is 1. The van der Waals surface area contributed by atoms with Crippen molar-refractivity contribution in [3.63, 3.8) is 0 Å². The van der Waals surface area contributed by atoms with E-state index in [0.29, 0.717) is 5.02 Å². The molecule has 1 heterocycles. The van der Waals surface area contributed by atoms with E-state index < -0.39 is 5.41 Å². The molecule has 1 aliphatic rings. The molecule has 0 aliphatic carbocycles. The van der Waals surface area contributed by atoms with Gasteiger partial charge in [0, 0.05) is 24.2 Å². The van der Waals surface area contributed by atoms with E-state index in [-0.39, 0.29) is 11.9 Å². The molecule has 2 rings (SSSR count). The van der Waals surface area contributed by atoms with E-state index >= 15 is 0 Å². The fraction of sp³-hybridized carbons (Fsp3) is 0.588. The predicted octanol–water partition coefficient (Wildman–Crippen LogP) is 3.35. The lowest BCUT2D eigenvalue weighted by atomic mass is 9.74. The normalized spacial score (nSPS) is 17.0. The summed E-state index contributed by atoms with van der Waals surface area (Å²) in [5.74, 6) is 0.238. The Hall–Kier alpha value is -1.06. The van der Waals surface area contributed by atoms with Crippen LogP contribution in [0.3, 0.4) is 0 Å². The third kappa shape index (κ3) is 3.24. The molecule has 21 heavy (non-hydrogen) atoms. The summed E-state index contributed by atoms with van der Waals surface area (Å²) in [6, 6.07) is 7.96. The first kappa shape index (κ1) is 16.3. The van der Waals surface area contributed by atoms with Crippen molar-refractivity contribution >= 4 is 17.5 Å². The molecule has 1 saturated heterocycles. The first-order valence-electron chi connectivity index (χ1n) is 7.84. The van der Waals surface area contributed by atoms with Crippen molar-refractivity contribution < 1.29 is 4.79 Å². The van der Waals surface area contributed by atoms with Gasteiger partial charge < -0.3 is 10.6 Å². The molecule has 0 bridgehead atoms. The Balaban J connectivity index is 2.28. The highest BCUT2D eigenvalue weighted by atomic mass is 35.5. The van der Waals surface area contributed by atoms with E-state index in [1.165, 1.54) is 0 Å². The molecule has 1 aromatic rings. The van der Waals surface area contributed by atoms with Crippen molar-refractivity contribution in [1.82, 2.24) is 4.90 Å². The van der Waals surface area contributed by atoms with Gasteiger partial charge >= 0.3 is 0 Å². The van der Waals surface area contributed by atoms with E-state index in [4.69, 9.17) is 17.3 Å². The van der Waals surface area contributed by atoms with Crippen LogP contribution in [-0.4, -0.2) is 29.9 Å². The first-order chi connectivity index (χ1) is 10.0. The summed E-state index contributed by atoms with van der Waals surface area (Å²) in [6.45, 7) is 5.72. The molecule has 1 aromatic carbocycles. The molecule has 0 aromatic heterocycles. The standard InChI is InChI=1S/C17H25ClN2O/c1-3-17(4-2,13-5-7-14(18)8-6-13)16(21)20-11-9-15(19)10-12-20/h5-8,15H,3-4,9-12,19H2,1-2H3. The van der Waals surface area contributed by atoms with Crippen molar-refractivity contribution in [3.8, 4) is 0 Å². The molecule has 1 amide bonds. The van der Waals surface area contributed by atoms with Crippen molar-refractivity contribution in [1.29, 1.82) is 0 Å². The van der Waals surface area contributed by atoms with Gasteiger partial charge in [0.25, 0.3) is 0 Å².